The van der Waals surface area contributed by atoms with Gasteiger partial charge in [-0.1, -0.05) is 12.1 Å². The van der Waals surface area contributed by atoms with Crippen molar-refractivity contribution < 1.29 is 13.9 Å². The monoisotopic (exact) mass is 304 g/mol. The summed E-state index contributed by atoms with van der Waals surface area (Å²) in [7, 11) is 0. The van der Waals surface area contributed by atoms with Crippen molar-refractivity contribution in [2.24, 2.45) is 0 Å². The van der Waals surface area contributed by atoms with E-state index in [0.29, 0.717) is 25.3 Å². The van der Waals surface area contributed by atoms with Crippen molar-refractivity contribution in [1.29, 1.82) is 0 Å². The number of ether oxygens (including phenoxy) is 1. The number of nitrogens with zero attached hydrogens (tertiary/aromatic N) is 2. The molecule has 1 saturated heterocycles. The molecule has 118 valence electrons. The van der Waals surface area contributed by atoms with Crippen molar-refractivity contribution >= 4 is 17.0 Å². The minimum Gasteiger partial charge on any atom is -0.408 e. The Hall–Kier alpha value is -2.08. The molecule has 1 amide bonds. The molecule has 1 aliphatic rings. The summed E-state index contributed by atoms with van der Waals surface area (Å²) in [5, 5.41) is 0. The molecule has 0 spiro atoms. The number of morpholine rings is 1. The van der Waals surface area contributed by atoms with Crippen LogP contribution >= 0.6 is 0 Å². The Balaban J connectivity index is 1.72. The minimum absolute atomic E-state index is 0.0415. The highest BCUT2D eigenvalue weighted by atomic mass is 16.5. The van der Waals surface area contributed by atoms with Crippen LogP contribution in [-0.4, -0.2) is 40.7 Å². The third kappa shape index (κ3) is 2.78. The Bertz CT molecular complexity index is 733. The average Bonchev–Trinajstić information content (AvgIpc) is 2.82. The van der Waals surface area contributed by atoms with Crippen LogP contribution in [0, 0.1) is 0 Å². The van der Waals surface area contributed by atoms with Gasteiger partial charge in [0.05, 0.1) is 24.3 Å². The molecule has 0 unspecified atom stereocenters. The van der Waals surface area contributed by atoms with Gasteiger partial charge >= 0.3 is 5.76 Å². The molecular formula is C16H20N2O4. The summed E-state index contributed by atoms with van der Waals surface area (Å²) in [6.07, 6.45) is 0.332. The third-order valence-electron chi connectivity index (χ3n) is 4.05. The van der Waals surface area contributed by atoms with Crippen LogP contribution in [0.25, 0.3) is 11.1 Å². The second-order valence-electron chi connectivity index (χ2n) is 5.78. The molecule has 1 aliphatic heterocycles. The summed E-state index contributed by atoms with van der Waals surface area (Å²) in [6, 6.07) is 7.31. The molecule has 0 aliphatic carbocycles. The van der Waals surface area contributed by atoms with Gasteiger partial charge in [-0.05, 0) is 26.0 Å². The summed E-state index contributed by atoms with van der Waals surface area (Å²) in [5.74, 6) is -0.378. The van der Waals surface area contributed by atoms with E-state index in [1.165, 1.54) is 4.57 Å². The van der Waals surface area contributed by atoms with Crippen LogP contribution in [0.5, 0.6) is 0 Å². The Morgan fingerprint density at radius 3 is 2.91 bits per heavy atom. The Morgan fingerprint density at radius 2 is 2.09 bits per heavy atom. The Kier molecular flexibility index (Phi) is 4.02. The fourth-order valence-electron chi connectivity index (χ4n) is 2.83. The predicted octanol–water partition coefficient (Wildman–Crippen LogP) is 1.62. The van der Waals surface area contributed by atoms with Gasteiger partial charge in [0.2, 0.25) is 5.91 Å². The summed E-state index contributed by atoms with van der Waals surface area (Å²) >= 11 is 0. The lowest BCUT2D eigenvalue weighted by atomic mass is 10.2. The van der Waals surface area contributed by atoms with Gasteiger partial charge in [-0.2, -0.15) is 0 Å². The van der Waals surface area contributed by atoms with Crippen molar-refractivity contribution in [1.82, 2.24) is 9.47 Å². The highest BCUT2D eigenvalue weighted by molar-refractivity contribution is 5.77. The van der Waals surface area contributed by atoms with E-state index in [1.807, 2.05) is 36.9 Å². The average molecular weight is 304 g/mol. The minimum atomic E-state index is -0.419. The van der Waals surface area contributed by atoms with Gasteiger partial charge in [0, 0.05) is 19.5 Å². The maximum Gasteiger partial charge on any atom is 0.419 e. The maximum atomic E-state index is 12.4. The number of carbonyl (C=O) groups is 1. The highest BCUT2D eigenvalue weighted by Gasteiger charge is 2.27. The van der Waals surface area contributed by atoms with E-state index in [0.717, 1.165) is 5.52 Å². The van der Waals surface area contributed by atoms with Crippen molar-refractivity contribution in [3.63, 3.8) is 0 Å². The molecule has 2 heterocycles. The third-order valence-corrected chi connectivity index (χ3v) is 4.05. The second-order valence-corrected chi connectivity index (χ2v) is 5.78. The number of amides is 1. The molecule has 1 aromatic carbocycles. The standard InChI is InChI=1S/C16H20N2O4/c1-11-10-21-12(2)9-18(11)15(19)7-8-17-13-5-3-4-6-14(13)22-16(17)20/h3-6,11-12H,7-10H2,1-2H3/t11-,12+/m0/s1. The molecule has 6 nitrogen and oxygen atoms in total. The van der Waals surface area contributed by atoms with Crippen LogP contribution in [0.4, 0.5) is 0 Å². The van der Waals surface area contributed by atoms with Crippen molar-refractivity contribution in [3.8, 4) is 0 Å². The van der Waals surface area contributed by atoms with Crippen LogP contribution in [0.15, 0.2) is 33.5 Å². The molecule has 0 saturated carbocycles. The van der Waals surface area contributed by atoms with Gasteiger partial charge in [0.15, 0.2) is 5.58 Å². The largest absolute Gasteiger partial charge is 0.419 e. The molecule has 6 heteroatoms. The SMILES string of the molecule is C[C@@H]1CN(C(=O)CCn2c(=O)oc3ccccc32)[C@@H](C)CO1. The molecule has 2 atom stereocenters. The van der Waals surface area contributed by atoms with E-state index in [1.54, 1.807) is 6.07 Å². The van der Waals surface area contributed by atoms with Gasteiger partial charge in [-0.15, -0.1) is 0 Å². The van der Waals surface area contributed by atoms with Gasteiger partial charge in [0.25, 0.3) is 0 Å². The molecule has 1 aromatic heterocycles. The fraction of sp³-hybridized carbons (Fsp3) is 0.500. The summed E-state index contributed by atoms with van der Waals surface area (Å²) in [5.41, 5.74) is 1.28. The number of fused-ring (bicyclic) bond motifs is 1. The van der Waals surface area contributed by atoms with Gasteiger partial charge in [-0.3, -0.25) is 9.36 Å². The molecule has 1 fully saturated rings. The number of aryl methyl sites for hydroxylation is 1. The second kappa shape index (κ2) is 5.96. The van der Waals surface area contributed by atoms with Crippen molar-refractivity contribution in [2.75, 3.05) is 13.2 Å². The number of oxazole rings is 1. The predicted molar refractivity (Wildman–Crippen MR) is 81.7 cm³/mol. The normalized spacial score (nSPS) is 22.2. The molecule has 3 rings (SSSR count). The highest BCUT2D eigenvalue weighted by Crippen LogP contribution is 2.15. The fourth-order valence-corrected chi connectivity index (χ4v) is 2.83. The quantitative estimate of drug-likeness (QED) is 0.864. The van der Waals surface area contributed by atoms with Crippen LogP contribution in [0.3, 0.4) is 0 Å². The lowest BCUT2D eigenvalue weighted by Crippen LogP contribution is -2.50. The first-order valence-electron chi connectivity index (χ1n) is 7.55. The van der Waals surface area contributed by atoms with Crippen molar-refractivity contribution in [3.05, 3.63) is 34.8 Å². The van der Waals surface area contributed by atoms with Crippen LogP contribution in [0.1, 0.15) is 20.3 Å². The number of benzene rings is 1. The van der Waals surface area contributed by atoms with Gasteiger partial charge in [0.1, 0.15) is 0 Å². The first kappa shape index (κ1) is 14.8. The molecule has 2 aromatic rings. The number of aromatic nitrogens is 1. The Morgan fingerprint density at radius 1 is 1.32 bits per heavy atom. The van der Waals surface area contributed by atoms with Crippen LogP contribution in [-0.2, 0) is 16.1 Å². The first-order chi connectivity index (χ1) is 10.6. The zero-order valence-electron chi connectivity index (χ0n) is 12.8. The molecular weight excluding hydrogens is 284 g/mol. The summed E-state index contributed by atoms with van der Waals surface area (Å²) in [6.45, 7) is 5.42. The van der Waals surface area contributed by atoms with E-state index in [2.05, 4.69) is 0 Å². The topological polar surface area (TPSA) is 64.7 Å². The number of hydrogen-bond acceptors (Lipinski definition) is 4. The van der Waals surface area contributed by atoms with Crippen LogP contribution in [0.2, 0.25) is 0 Å². The lowest BCUT2D eigenvalue weighted by Gasteiger charge is -2.36. The van der Waals surface area contributed by atoms with E-state index in [4.69, 9.17) is 9.15 Å². The number of carbonyl (C=O) groups excluding carboxylic acids is 1. The molecule has 0 N–H and O–H groups in total. The first-order valence-corrected chi connectivity index (χ1v) is 7.55. The molecule has 0 radical (unpaired) electrons. The number of para-hydroxylation sites is 2. The van der Waals surface area contributed by atoms with E-state index < -0.39 is 5.76 Å². The van der Waals surface area contributed by atoms with Gasteiger partial charge in [-0.25, -0.2) is 4.79 Å². The zero-order valence-corrected chi connectivity index (χ0v) is 12.8. The lowest BCUT2D eigenvalue weighted by molar-refractivity contribution is -0.143. The molecule has 22 heavy (non-hydrogen) atoms. The number of rotatable bonds is 3. The van der Waals surface area contributed by atoms with Gasteiger partial charge < -0.3 is 14.1 Å². The smallest absolute Gasteiger partial charge is 0.408 e. The zero-order chi connectivity index (χ0) is 15.7. The van der Waals surface area contributed by atoms with E-state index in [-0.39, 0.29) is 24.5 Å². The van der Waals surface area contributed by atoms with Crippen molar-refractivity contribution in [2.45, 2.75) is 39.0 Å². The molecule has 0 bridgehead atoms. The Labute approximate surface area is 128 Å². The van der Waals surface area contributed by atoms with E-state index in [9.17, 15) is 9.59 Å². The maximum absolute atomic E-state index is 12.4. The number of hydrogen-bond donors (Lipinski definition) is 0. The van der Waals surface area contributed by atoms with Crippen LogP contribution < -0.4 is 5.76 Å². The summed E-state index contributed by atoms with van der Waals surface area (Å²) in [4.78, 5) is 26.2. The van der Waals surface area contributed by atoms with E-state index >= 15 is 0 Å². The summed E-state index contributed by atoms with van der Waals surface area (Å²) < 4.78 is 12.2.